The predicted molar refractivity (Wildman–Crippen MR) is 95.3 cm³/mol. The number of aromatic nitrogens is 4. The summed E-state index contributed by atoms with van der Waals surface area (Å²) in [6.45, 7) is 9.89. The smallest absolute Gasteiger partial charge is 0.163 e. The first-order valence-electron chi connectivity index (χ1n) is 9.05. The lowest BCUT2D eigenvalue weighted by atomic mass is 9.97. The second-order valence-electron chi connectivity index (χ2n) is 7.08. The van der Waals surface area contributed by atoms with Crippen molar-refractivity contribution in [3.63, 3.8) is 0 Å². The van der Waals surface area contributed by atoms with Crippen LogP contribution in [0.25, 0.3) is 11.0 Å². The lowest BCUT2D eigenvalue weighted by molar-refractivity contribution is 0.196. The van der Waals surface area contributed by atoms with E-state index in [-0.39, 0.29) is 0 Å². The van der Waals surface area contributed by atoms with Crippen molar-refractivity contribution in [2.75, 3.05) is 50.7 Å². The second kappa shape index (κ2) is 6.64. The van der Waals surface area contributed by atoms with E-state index in [1.807, 2.05) is 24.9 Å². The third-order valence-electron chi connectivity index (χ3n) is 5.33. The average Bonchev–Trinajstić information content (AvgIpc) is 2.97. The first kappa shape index (κ1) is 15.8. The fraction of sp³-hybridized carbons (Fsp3) is 0.706. The molecule has 0 spiro atoms. The van der Waals surface area contributed by atoms with Crippen molar-refractivity contribution in [2.45, 2.75) is 19.8 Å². The summed E-state index contributed by atoms with van der Waals surface area (Å²) in [7, 11) is 1.94. The van der Waals surface area contributed by atoms with Crippen LogP contribution in [-0.2, 0) is 7.05 Å². The number of hydrogen-bond donors (Lipinski definition) is 1. The molecule has 4 heterocycles. The van der Waals surface area contributed by atoms with Crippen LogP contribution in [0.2, 0.25) is 0 Å². The van der Waals surface area contributed by atoms with E-state index in [0.29, 0.717) is 0 Å². The summed E-state index contributed by atoms with van der Waals surface area (Å²) in [5.74, 6) is 2.73. The van der Waals surface area contributed by atoms with Crippen molar-refractivity contribution in [2.24, 2.45) is 13.0 Å². The molecule has 4 rings (SSSR count). The largest absolute Gasteiger partial charge is 0.353 e. The maximum absolute atomic E-state index is 4.71. The maximum atomic E-state index is 4.71. The summed E-state index contributed by atoms with van der Waals surface area (Å²) >= 11 is 0. The Bertz CT molecular complexity index is 696. The van der Waals surface area contributed by atoms with Gasteiger partial charge in [0.1, 0.15) is 11.6 Å². The topological polar surface area (TPSA) is 62.1 Å². The van der Waals surface area contributed by atoms with Gasteiger partial charge in [0, 0.05) is 39.8 Å². The fourth-order valence-corrected chi connectivity index (χ4v) is 3.93. The molecular weight excluding hydrogens is 302 g/mol. The Morgan fingerprint density at radius 1 is 1.12 bits per heavy atom. The van der Waals surface area contributed by atoms with Crippen LogP contribution in [0.5, 0.6) is 0 Å². The normalized spacial score (nSPS) is 20.8. The number of aryl methyl sites for hydroxylation is 2. The number of nitrogens with zero attached hydrogens (tertiary/aromatic N) is 6. The van der Waals surface area contributed by atoms with Crippen molar-refractivity contribution in [3.8, 4) is 0 Å². The van der Waals surface area contributed by atoms with Gasteiger partial charge in [0.2, 0.25) is 0 Å². The van der Waals surface area contributed by atoms with E-state index < -0.39 is 0 Å². The van der Waals surface area contributed by atoms with Crippen LogP contribution in [0.4, 0.5) is 5.82 Å². The predicted octanol–water partition coefficient (Wildman–Crippen LogP) is 0.793. The zero-order valence-corrected chi connectivity index (χ0v) is 14.7. The molecule has 0 amide bonds. The number of anilines is 1. The number of piperidine rings is 1. The molecule has 24 heavy (non-hydrogen) atoms. The van der Waals surface area contributed by atoms with Crippen molar-refractivity contribution in [1.29, 1.82) is 0 Å². The lowest BCUT2D eigenvalue weighted by Crippen LogP contribution is -2.49. The second-order valence-corrected chi connectivity index (χ2v) is 7.08. The Balaban J connectivity index is 1.44. The summed E-state index contributed by atoms with van der Waals surface area (Å²) in [4.78, 5) is 14.3. The Morgan fingerprint density at radius 3 is 2.62 bits per heavy atom. The molecule has 2 aromatic rings. The number of rotatable bonds is 3. The minimum absolute atomic E-state index is 0.818. The molecule has 7 heteroatoms. The summed E-state index contributed by atoms with van der Waals surface area (Å²) in [6.07, 6.45) is 4.54. The summed E-state index contributed by atoms with van der Waals surface area (Å²) in [6, 6.07) is 0. The Hall–Kier alpha value is -1.73. The van der Waals surface area contributed by atoms with Crippen LogP contribution in [0.3, 0.4) is 0 Å². The molecule has 0 atom stereocenters. The molecule has 2 saturated heterocycles. The van der Waals surface area contributed by atoms with E-state index in [4.69, 9.17) is 4.98 Å². The molecule has 2 aromatic heterocycles. The zero-order valence-electron chi connectivity index (χ0n) is 14.7. The SMILES string of the molecule is Cc1nc(N2CCN(CC3CCNCC3)CC2)c2cnn(C)c2n1. The summed E-state index contributed by atoms with van der Waals surface area (Å²) < 4.78 is 1.83. The molecule has 0 unspecified atom stereocenters. The molecule has 2 aliphatic heterocycles. The number of fused-ring (bicyclic) bond motifs is 1. The van der Waals surface area contributed by atoms with E-state index in [0.717, 1.165) is 54.8 Å². The third kappa shape index (κ3) is 3.10. The highest BCUT2D eigenvalue weighted by molar-refractivity contribution is 5.87. The van der Waals surface area contributed by atoms with Gasteiger partial charge in [-0.05, 0) is 38.8 Å². The van der Waals surface area contributed by atoms with Crippen molar-refractivity contribution < 1.29 is 0 Å². The molecule has 2 fully saturated rings. The quantitative estimate of drug-likeness (QED) is 0.898. The molecule has 0 radical (unpaired) electrons. The lowest BCUT2D eigenvalue weighted by Gasteiger charge is -2.38. The Labute approximate surface area is 143 Å². The molecule has 0 aliphatic carbocycles. The van der Waals surface area contributed by atoms with Gasteiger partial charge in [-0.3, -0.25) is 9.58 Å². The van der Waals surface area contributed by atoms with Gasteiger partial charge in [-0.2, -0.15) is 5.10 Å². The van der Waals surface area contributed by atoms with Crippen molar-refractivity contribution in [3.05, 3.63) is 12.0 Å². The van der Waals surface area contributed by atoms with Crippen LogP contribution in [-0.4, -0.2) is 70.5 Å². The first-order valence-corrected chi connectivity index (χ1v) is 9.05. The van der Waals surface area contributed by atoms with Gasteiger partial charge >= 0.3 is 0 Å². The van der Waals surface area contributed by atoms with Crippen LogP contribution in [0.15, 0.2) is 6.20 Å². The Kier molecular flexibility index (Phi) is 4.37. The number of hydrogen-bond acceptors (Lipinski definition) is 6. The molecule has 0 aromatic carbocycles. The van der Waals surface area contributed by atoms with Gasteiger partial charge < -0.3 is 10.2 Å². The van der Waals surface area contributed by atoms with Gasteiger partial charge in [0.15, 0.2) is 5.65 Å². The van der Waals surface area contributed by atoms with Crippen molar-refractivity contribution >= 4 is 16.9 Å². The van der Waals surface area contributed by atoms with Crippen molar-refractivity contribution in [1.82, 2.24) is 30.0 Å². The van der Waals surface area contributed by atoms with E-state index in [2.05, 4.69) is 25.2 Å². The standard InChI is InChI=1S/C17H27N7/c1-13-20-16-15(11-19-22(16)2)17(21-13)24-9-7-23(8-10-24)12-14-3-5-18-6-4-14/h11,14,18H,3-10,12H2,1-2H3. The van der Waals surface area contributed by atoms with E-state index in [1.165, 1.54) is 32.5 Å². The van der Waals surface area contributed by atoms with E-state index in [9.17, 15) is 0 Å². The van der Waals surface area contributed by atoms with Gasteiger partial charge in [-0.25, -0.2) is 9.97 Å². The van der Waals surface area contributed by atoms with Gasteiger partial charge in [-0.1, -0.05) is 0 Å². The summed E-state index contributed by atoms with van der Waals surface area (Å²) in [5, 5.41) is 8.88. The van der Waals surface area contributed by atoms with Crippen LogP contribution >= 0.6 is 0 Å². The summed E-state index contributed by atoms with van der Waals surface area (Å²) in [5.41, 5.74) is 0.926. The molecule has 2 aliphatic rings. The number of nitrogens with one attached hydrogen (secondary N) is 1. The van der Waals surface area contributed by atoms with Gasteiger partial charge in [0.25, 0.3) is 0 Å². The van der Waals surface area contributed by atoms with Crippen LogP contribution in [0.1, 0.15) is 18.7 Å². The van der Waals surface area contributed by atoms with Gasteiger partial charge in [-0.15, -0.1) is 0 Å². The molecular formula is C17H27N7. The van der Waals surface area contributed by atoms with Gasteiger partial charge in [0.05, 0.1) is 11.6 Å². The molecule has 1 N–H and O–H groups in total. The Morgan fingerprint density at radius 2 is 1.88 bits per heavy atom. The van der Waals surface area contributed by atoms with E-state index in [1.54, 1.807) is 0 Å². The van der Waals surface area contributed by atoms with E-state index >= 15 is 0 Å². The fourth-order valence-electron chi connectivity index (χ4n) is 3.93. The zero-order chi connectivity index (χ0) is 16.5. The molecule has 0 bridgehead atoms. The third-order valence-corrected chi connectivity index (χ3v) is 5.33. The highest BCUT2D eigenvalue weighted by Crippen LogP contribution is 2.25. The maximum Gasteiger partial charge on any atom is 0.163 e. The first-order chi connectivity index (χ1) is 11.7. The highest BCUT2D eigenvalue weighted by atomic mass is 15.3. The molecule has 0 saturated carbocycles. The van der Waals surface area contributed by atoms with Crippen LogP contribution < -0.4 is 10.2 Å². The average molecular weight is 329 g/mol. The minimum Gasteiger partial charge on any atom is -0.353 e. The minimum atomic E-state index is 0.818. The monoisotopic (exact) mass is 329 g/mol. The van der Waals surface area contributed by atoms with Crippen LogP contribution in [0, 0.1) is 12.8 Å². The highest BCUT2D eigenvalue weighted by Gasteiger charge is 2.24. The number of piperazine rings is 1. The molecule has 7 nitrogen and oxygen atoms in total. The molecule has 130 valence electrons.